The topological polar surface area (TPSA) is 46.5 Å². The molecule has 0 amide bonds. The van der Waals surface area contributed by atoms with Gasteiger partial charge in [0.05, 0.1) is 0 Å². The summed E-state index contributed by atoms with van der Waals surface area (Å²) in [6.45, 7) is 0. The third-order valence-corrected chi connectivity index (χ3v) is 3.79. The number of carbonyl (C=O) groups excluding carboxylic acids is 1. The first-order chi connectivity index (χ1) is 9.19. The molecular weight excluding hydrogens is 275 g/mol. The quantitative estimate of drug-likeness (QED) is 0.878. The molecule has 0 spiro atoms. The Balaban J connectivity index is 2.20. The number of rotatable bonds is 4. The van der Waals surface area contributed by atoms with Crippen LogP contribution >= 0.6 is 11.8 Å². The van der Waals surface area contributed by atoms with E-state index in [2.05, 4.69) is 3.79 Å². The Labute approximate surface area is 124 Å². The van der Waals surface area contributed by atoms with Crippen LogP contribution in [0.5, 0.6) is 5.75 Å². The first kappa shape index (κ1) is 14.0. The molecule has 2 aromatic carbocycles. The number of aromatic hydroxyl groups is 1. The van der Waals surface area contributed by atoms with Crippen molar-refractivity contribution in [2.45, 2.75) is 16.2 Å². The summed E-state index contributed by atoms with van der Waals surface area (Å²) in [7, 11) is 0. The molecule has 5 heteroatoms. The van der Waals surface area contributed by atoms with Crippen molar-refractivity contribution in [1.82, 2.24) is 0 Å². The predicted octanol–water partition coefficient (Wildman–Crippen LogP) is 2.71. The van der Waals surface area contributed by atoms with E-state index in [9.17, 15) is 9.90 Å². The van der Waals surface area contributed by atoms with E-state index in [4.69, 9.17) is 0 Å². The summed E-state index contributed by atoms with van der Waals surface area (Å²) >= 11 is 3.39. The van der Waals surface area contributed by atoms with Gasteiger partial charge in [-0.3, -0.25) is 0 Å². The van der Waals surface area contributed by atoms with Gasteiger partial charge in [0.1, 0.15) is 0 Å². The molecule has 0 aliphatic rings. The molecule has 0 heterocycles. The fourth-order valence-corrected chi connectivity index (χ4v) is 2.59. The van der Waals surface area contributed by atoms with Crippen molar-refractivity contribution in [2.75, 3.05) is 0 Å². The van der Waals surface area contributed by atoms with Gasteiger partial charge in [-0.25, -0.2) is 0 Å². The molecule has 0 aromatic heterocycles. The molecule has 2 rings (SSSR count). The summed E-state index contributed by atoms with van der Waals surface area (Å²) in [5.41, 5.74) is 0.809. The Kier molecular flexibility index (Phi) is 4.92. The molecule has 92 valence electrons. The number of phenols is 1. The molecule has 0 saturated heterocycles. The van der Waals surface area contributed by atoms with Crippen molar-refractivity contribution in [3.63, 3.8) is 0 Å². The van der Waals surface area contributed by atoms with E-state index in [1.165, 1.54) is 11.8 Å². The molecule has 0 aliphatic carbocycles. The van der Waals surface area contributed by atoms with E-state index in [1.54, 1.807) is 18.2 Å². The van der Waals surface area contributed by atoms with E-state index in [0.29, 0.717) is 0 Å². The Bertz CT molecular complexity index is 572. The Morgan fingerprint density at radius 3 is 2.63 bits per heavy atom. The molecule has 0 saturated carbocycles. The second-order valence-corrected chi connectivity index (χ2v) is 5.23. The summed E-state index contributed by atoms with van der Waals surface area (Å²) in [6.07, 6.45) is 0.187. The summed E-state index contributed by atoms with van der Waals surface area (Å²) in [5.74, 6) is -0.122. The van der Waals surface area contributed by atoms with Gasteiger partial charge in [-0.2, -0.15) is 0 Å². The number of hydrogen-bond donors (Lipinski definition) is 1. The van der Waals surface area contributed by atoms with Crippen LogP contribution in [0.25, 0.3) is 0 Å². The van der Waals surface area contributed by atoms with Gasteiger partial charge in [0, 0.05) is 0 Å². The van der Waals surface area contributed by atoms with E-state index < -0.39 is 0 Å². The summed E-state index contributed by atoms with van der Waals surface area (Å²) in [6, 6.07) is 14.9. The van der Waals surface area contributed by atoms with Crippen LogP contribution in [0.3, 0.4) is 0 Å². The molecular formula is C14H11AlO3S+2. The SMILES string of the molecule is O=C(Cc1ccc(O)c(Sc2ccccc2)c1)[O][Al+2]. The van der Waals surface area contributed by atoms with Gasteiger partial charge in [-0.05, 0) is 0 Å². The van der Waals surface area contributed by atoms with E-state index in [1.807, 2.05) is 47.0 Å². The molecule has 19 heavy (non-hydrogen) atoms. The molecule has 0 aliphatic heterocycles. The van der Waals surface area contributed by atoms with E-state index in [-0.39, 0.29) is 18.1 Å². The minimum atomic E-state index is -0.327. The summed E-state index contributed by atoms with van der Waals surface area (Å²) < 4.78 is 4.55. The average molecular weight is 286 g/mol. The van der Waals surface area contributed by atoms with Crippen molar-refractivity contribution < 1.29 is 13.7 Å². The van der Waals surface area contributed by atoms with Gasteiger partial charge in [0.25, 0.3) is 0 Å². The van der Waals surface area contributed by atoms with Crippen LogP contribution in [-0.2, 0) is 15.0 Å². The number of benzene rings is 2. The van der Waals surface area contributed by atoms with Gasteiger partial charge in [-0.15, -0.1) is 0 Å². The van der Waals surface area contributed by atoms with Crippen molar-refractivity contribution in [2.24, 2.45) is 0 Å². The van der Waals surface area contributed by atoms with Crippen molar-refractivity contribution in [3.05, 3.63) is 54.1 Å². The number of phenolic OH excluding ortho intramolecular Hbond substituents is 1. The minimum absolute atomic E-state index is 0.187. The molecule has 2 aromatic rings. The third-order valence-electron chi connectivity index (χ3n) is 2.48. The van der Waals surface area contributed by atoms with Crippen LogP contribution in [0.1, 0.15) is 5.56 Å². The first-order valence-electron chi connectivity index (χ1n) is 5.63. The zero-order valence-electron chi connectivity index (χ0n) is 10.1. The zero-order valence-corrected chi connectivity index (χ0v) is 12.0. The Hall–Kier alpha value is -1.41. The van der Waals surface area contributed by atoms with Crippen molar-refractivity contribution >= 4 is 34.4 Å². The van der Waals surface area contributed by atoms with E-state index >= 15 is 0 Å². The van der Waals surface area contributed by atoms with Crippen LogP contribution in [0.15, 0.2) is 58.3 Å². The Morgan fingerprint density at radius 1 is 1.21 bits per heavy atom. The summed E-state index contributed by atoms with van der Waals surface area (Å²) in [5, 5.41) is 9.85. The van der Waals surface area contributed by atoms with Gasteiger partial charge in [0.2, 0.25) is 0 Å². The molecule has 1 N–H and O–H groups in total. The summed E-state index contributed by atoms with van der Waals surface area (Å²) in [4.78, 5) is 13.0. The fraction of sp³-hybridized carbons (Fsp3) is 0.0714. The first-order valence-corrected chi connectivity index (χ1v) is 6.92. The molecule has 0 bridgehead atoms. The van der Waals surface area contributed by atoms with Gasteiger partial charge < -0.3 is 0 Å². The standard InChI is InChI=1S/C14H12O3S.Al/c15-12-7-6-10(9-14(16)17)8-13(12)18-11-4-2-1-3-5-11;/h1-8,15H,9H2,(H,16,17);/q;+3/p-1. The van der Waals surface area contributed by atoms with Crippen LogP contribution in [0.2, 0.25) is 0 Å². The van der Waals surface area contributed by atoms with Gasteiger partial charge >= 0.3 is 124 Å². The third kappa shape index (κ3) is 4.03. The van der Waals surface area contributed by atoms with Crippen molar-refractivity contribution in [3.8, 4) is 5.75 Å². The van der Waals surface area contributed by atoms with Crippen LogP contribution in [0, 0.1) is 0 Å². The number of hydrogen-bond acceptors (Lipinski definition) is 4. The molecule has 0 fully saturated rings. The van der Waals surface area contributed by atoms with Crippen LogP contribution in [0.4, 0.5) is 0 Å². The van der Waals surface area contributed by atoms with Gasteiger partial charge in [-0.1, -0.05) is 0 Å². The van der Waals surface area contributed by atoms with Crippen LogP contribution in [-0.4, -0.2) is 27.7 Å². The predicted molar refractivity (Wildman–Crippen MR) is 74.2 cm³/mol. The monoisotopic (exact) mass is 286 g/mol. The number of carbonyl (C=O) groups is 1. The van der Waals surface area contributed by atoms with Crippen LogP contribution < -0.4 is 0 Å². The fourth-order valence-electron chi connectivity index (χ4n) is 1.57. The second kappa shape index (κ2) is 6.67. The zero-order chi connectivity index (χ0) is 13.7. The molecule has 3 nitrogen and oxygen atoms in total. The van der Waals surface area contributed by atoms with Crippen molar-refractivity contribution in [1.29, 1.82) is 0 Å². The maximum atomic E-state index is 11.2. The van der Waals surface area contributed by atoms with Gasteiger partial charge in [0.15, 0.2) is 0 Å². The Morgan fingerprint density at radius 2 is 1.95 bits per heavy atom. The molecule has 0 atom stereocenters. The normalized spacial score (nSPS) is 10.2. The molecule has 0 unspecified atom stereocenters. The second-order valence-electron chi connectivity index (χ2n) is 3.88. The van der Waals surface area contributed by atoms with E-state index in [0.717, 1.165) is 15.4 Å². The maximum absolute atomic E-state index is 11.2. The average Bonchev–Trinajstić information content (AvgIpc) is 2.43. The molecule has 0 radical (unpaired) electrons.